The van der Waals surface area contributed by atoms with Gasteiger partial charge in [-0.15, -0.1) is 0 Å². The number of rotatable bonds is 4. The zero-order valence-corrected chi connectivity index (χ0v) is 10.6. The van der Waals surface area contributed by atoms with Crippen molar-refractivity contribution in [3.05, 3.63) is 23.9 Å². The first-order valence-corrected chi connectivity index (χ1v) is 5.92. The number of ketones is 1. The number of hydrogen-bond donors (Lipinski definition) is 1. The summed E-state index contributed by atoms with van der Waals surface area (Å²) < 4.78 is 10.3. The second kappa shape index (κ2) is 5.36. The largest absolute Gasteiger partial charge is 0.481 e. The molecule has 1 fully saturated rings. The molecular formula is C13H15NO5. The van der Waals surface area contributed by atoms with E-state index < -0.39 is 11.4 Å². The zero-order chi connectivity index (χ0) is 13.9. The fourth-order valence-electron chi connectivity index (χ4n) is 2.20. The Morgan fingerprint density at radius 3 is 3.05 bits per heavy atom. The van der Waals surface area contributed by atoms with Crippen molar-refractivity contribution in [3.8, 4) is 5.88 Å². The van der Waals surface area contributed by atoms with E-state index in [1.807, 2.05) is 0 Å². The lowest BCUT2D eigenvalue weighted by Crippen LogP contribution is -2.48. The van der Waals surface area contributed by atoms with Gasteiger partial charge in [-0.1, -0.05) is 6.07 Å². The molecule has 0 saturated carbocycles. The molecule has 1 N–H and O–H groups in total. The summed E-state index contributed by atoms with van der Waals surface area (Å²) in [6, 6.07) is 3.39. The Balaban J connectivity index is 2.36. The Hall–Kier alpha value is -1.95. The van der Waals surface area contributed by atoms with Gasteiger partial charge in [-0.3, -0.25) is 9.59 Å². The Morgan fingerprint density at radius 2 is 2.42 bits per heavy atom. The standard InChI is InChI=1S/C13H15NO5/c1-18-11-9(3-2-5-14-11)7-13(12(16)17)8-19-6-4-10(13)15/h2-3,5H,4,6-8H2,1H3,(H,16,17). The first-order valence-electron chi connectivity index (χ1n) is 5.92. The first-order chi connectivity index (χ1) is 9.10. The molecule has 1 unspecified atom stereocenters. The molecule has 1 aromatic heterocycles. The highest BCUT2D eigenvalue weighted by Crippen LogP contribution is 2.32. The first kappa shape index (κ1) is 13.5. The number of ether oxygens (including phenoxy) is 2. The highest BCUT2D eigenvalue weighted by molar-refractivity contribution is 6.04. The van der Waals surface area contributed by atoms with Crippen LogP contribution in [0.5, 0.6) is 5.88 Å². The molecule has 1 saturated heterocycles. The molecule has 1 aromatic rings. The molecule has 0 aromatic carbocycles. The molecule has 1 atom stereocenters. The molecule has 2 rings (SSSR count). The van der Waals surface area contributed by atoms with Crippen LogP contribution in [0.15, 0.2) is 18.3 Å². The van der Waals surface area contributed by atoms with E-state index in [0.29, 0.717) is 11.4 Å². The van der Waals surface area contributed by atoms with Crippen LogP contribution in [-0.2, 0) is 20.7 Å². The number of carbonyl (C=O) groups excluding carboxylic acids is 1. The smallest absolute Gasteiger partial charge is 0.319 e. The molecule has 1 aliphatic heterocycles. The molecule has 0 radical (unpaired) electrons. The third-order valence-corrected chi connectivity index (χ3v) is 3.30. The minimum Gasteiger partial charge on any atom is -0.481 e. The van der Waals surface area contributed by atoms with Crippen LogP contribution in [0, 0.1) is 5.41 Å². The monoisotopic (exact) mass is 265 g/mol. The third-order valence-electron chi connectivity index (χ3n) is 3.30. The number of Topliss-reactive ketones (excluding diaryl/α,β-unsaturated/α-hetero) is 1. The number of carboxylic acid groups (broad SMARTS) is 1. The highest BCUT2D eigenvalue weighted by Gasteiger charge is 2.48. The van der Waals surface area contributed by atoms with Crippen molar-refractivity contribution >= 4 is 11.8 Å². The molecule has 0 spiro atoms. The van der Waals surface area contributed by atoms with E-state index in [4.69, 9.17) is 9.47 Å². The van der Waals surface area contributed by atoms with Crippen molar-refractivity contribution in [2.24, 2.45) is 5.41 Å². The van der Waals surface area contributed by atoms with E-state index in [0.717, 1.165) is 0 Å². The second-order valence-corrected chi connectivity index (χ2v) is 4.46. The number of aliphatic carboxylic acids is 1. The Morgan fingerprint density at radius 1 is 1.63 bits per heavy atom. The van der Waals surface area contributed by atoms with Crippen molar-refractivity contribution in [2.45, 2.75) is 12.8 Å². The van der Waals surface area contributed by atoms with Gasteiger partial charge in [0.05, 0.1) is 20.3 Å². The summed E-state index contributed by atoms with van der Waals surface area (Å²) in [4.78, 5) is 27.6. The number of aromatic nitrogens is 1. The fourth-order valence-corrected chi connectivity index (χ4v) is 2.20. The molecule has 19 heavy (non-hydrogen) atoms. The maximum atomic E-state index is 12.0. The summed E-state index contributed by atoms with van der Waals surface area (Å²) in [5.74, 6) is -1.14. The lowest BCUT2D eigenvalue weighted by atomic mass is 9.76. The molecule has 6 heteroatoms. The minimum atomic E-state index is -1.53. The molecule has 6 nitrogen and oxygen atoms in total. The van der Waals surface area contributed by atoms with Crippen LogP contribution in [-0.4, -0.2) is 42.2 Å². The van der Waals surface area contributed by atoms with Gasteiger partial charge in [0, 0.05) is 24.6 Å². The molecule has 0 bridgehead atoms. The Labute approximate surface area is 110 Å². The molecular weight excluding hydrogens is 250 g/mol. The van der Waals surface area contributed by atoms with Crippen LogP contribution in [0.2, 0.25) is 0 Å². The summed E-state index contributed by atoms with van der Waals surface area (Å²) in [6.45, 7) is 0.164. The second-order valence-electron chi connectivity index (χ2n) is 4.46. The van der Waals surface area contributed by atoms with Gasteiger partial charge in [-0.2, -0.15) is 0 Å². The summed E-state index contributed by atoms with van der Waals surface area (Å²) in [6.07, 6.45) is 1.70. The van der Waals surface area contributed by atoms with Crippen LogP contribution >= 0.6 is 0 Å². The summed E-state index contributed by atoms with van der Waals surface area (Å²) in [5.41, 5.74) is -0.944. The van der Waals surface area contributed by atoms with Crippen molar-refractivity contribution < 1.29 is 24.2 Å². The van der Waals surface area contributed by atoms with Crippen LogP contribution in [0.1, 0.15) is 12.0 Å². The maximum Gasteiger partial charge on any atom is 0.319 e. The zero-order valence-electron chi connectivity index (χ0n) is 10.6. The van der Waals surface area contributed by atoms with Gasteiger partial charge in [-0.05, 0) is 6.07 Å². The van der Waals surface area contributed by atoms with E-state index >= 15 is 0 Å². The van der Waals surface area contributed by atoms with E-state index in [9.17, 15) is 14.7 Å². The van der Waals surface area contributed by atoms with E-state index in [2.05, 4.69) is 4.98 Å². The fraction of sp³-hybridized carbons (Fsp3) is 0.462. The Bertz CT molecular complexity index is 502. The third kappa shape index (κ3) is 2.44. The number of carboxylic acids is 1. The van der Waals surface area contributed by atoms with E-state index in [1.54, 1.807) is 18.3 Å². The predicted molar refractivity (Wildman–Crippen MR) is 65.0 cm³/mol. The summed E-state index contributed by atoms with van der Waals surface area (Å²) in [7, 11) is 1.46. The minimum absolute atomic E-state index is 0.0260. The van der Waals surface area contributed by atoms with Crippen LogP contribution in [0.25, 0.3) is 0 Å². The number of nitrogens with zero attached hydrogens (tertiary/aromatic N) is 1. The molecule has 102 valence electrons. The summed E-state index contributed by atoms with van der Waals surface area (Å²) in [5, 5.41) is 9.42. The normalized spacial score (nSPS) is 23.1. The molecule has 1 aliphatic rings. The van der Waals surface area contributed by atoms with Gasteiger partial charge in [0.2, 0.25) is 5.88 Å². The average Bonchev–Trinajstić information content (AvgIpc) is 2.41. The van der Waals surface area contributed by atoms with E-state index in [-0.39, 0.29) is 31.8 Å². The van der Waals surface area contributed by atoms with E-state index in [1.165, 1.54) is 7.11 Å². The van der Waals surface area contributed by atoms with Crippen LogP contribution in [0.4, 0.5) is 0 Å². The van der Waals surface area contributed by atoms with Crippen LogP contribution in [0.3, 0.4) is 0 Å². The summed E-state index contributed by atoms with van der Waals surface area (Å²) >= 11 is 0. The number of hydrogen-bond acceptors (Lipinski definition) is 5. The van der Waals surface area contributed by atoms with Crippen molar-refractivity contribution in [3.63, 3.8) is 0 Å². The number of pyridine rings is 1. The quantitative estimate of drug-likeness (QED) is 0.806. The molecule has 0 amide bonds. The lowest BCUT2D eigenvalue weighted by Gasteiger charge is -2.31. The van der Waals surface area contributed by atoms with Gasteiger partial charge in [0.15, 0.2) is 11.2 Å². The average molecular weight is 265 g/mol. The van der Waals surface area contributed by atoms with Crippen molar-refractivity contribution in [2.75, 3.05) is 20.3 Å². The maximum absolute atomic E-state index is 12.0. The van der Waals surface area contributed by atoms with Gasteiger partial charge < -0.3 is 14.6 Å². The highest BCUT2D eigenvalue weighted by atomic mass is 16.5. The van der Waals surface area contributed by atoms with Gasteiger partial charge >= 0.3 is 5.97 Å². The number of methoxy groups -OCH3 is 1. The van der Waals surface area contributed by atoms with Crippen LogP contribution < -0.4 is 4.74 Å². The SMILES string of the molecule is COc1ncccc1CC1(C(=O)O)COCCC1=O. The van der Waals surface area contributed by atoms with Crippen molar-refractivity contribution in [1.82, 2.24) is 4.98 Å². The topological polar surface area (TPSA) is 85.7 Å². The molecule has 0 aliphatic carbocycles. The molecule has 2 heterocycles. The van der Waals surface area contributed by atoms with Gasteiger partial charge in [0.25, 0.3) is 0 Å². The Kier molecular flexibility index (Phi) is 3.80. The van der Waals surface area contributed by atoms with Gasteiger partial charge in [-0.25, -0.2) is 4.98 Å². The van der Waals surface area contributed by atoms with Crippen molar-refractivity contribution in [1.29, 1.82) is 0 Å². The van der Waals surface area contributed by atoms with Gasteiger partial charge in [0.1, 0.15) is 0 Å². The lowest BCUT2D eigenvalue weighted by molar-refractivity contribution is -0.164. The predicted octanol–water partition coefficient (Wildman–Crippen LogP) is 0.693. The number of carbonyl (C=O) groups is 2.